The summed E-state index contributed by atoms with van der Waals surface area (Å²) in [6, 6.07) is 6.32. The molecule has 2 rings (SSSR count). The van der Waals surface area contributed by atoms with Crippen LogP contribution in [0.1, 0.15) is 33.4 Å². The number of carbonyl (C=O) groups is 2. The Balaban J connectivity index is 2.14. The number of hydrogen-bond donors (Lipinski definition) is 3. The van der Waals surface area contributed by atoms with Crippen LogP contribution in [0.4, 0.5) is 5.69 Å². The van der Waals surface area contributed by atoms with Crippen molar-refractivity contribution in [1.29, 1.82) is 0 Å². The maximum absolute atomic E-state index is 12.3. The molecule has 2 aromatic rings. The van der Waals surface area contributed by atoms with Crippen LogP contribution in [-0.2, 0) is 0 Å². The molecule has 7 heteroatoms. The molecule has 2 amide bonds. The molecule has 1 aromatic carbocycles. The number of aryl methyl sites for hydroxylation is 1. The van der Waals surface area contributed by atoms with Gasteiger partial charge >= 0.3 is 0 Å². The Hall–Kier alpha value is -2.31. The maximum atomic E-state index is 12.3. The van der Waals surface area contributed by atoms with Crippen LogP contribution in [0.2, 0.25) is 5.02 Å². The lowest BCUT2D eigenvalue weighted by Gasteiger charge is -2.12. The number of carbonyl (C=O) groups excluding carboxylic acids is 2. The molecule has 0 radical (unpaired) electrons. The molecule has 0 bridgehead atoms. The van der Waals surface area contributed by atoms with Crippen LogP contribution >= 0.6 is 11.6 Å². The number of amides is 2. The van der Waals surface area contributed by atoms with Crippen LogP contribution in [0.25, 0.3) is 0 Å². The van der Waals surface area contributed by atoms with Gasteiger partial charge in [0.05, 0.1) is 23.1 Å². The summed E-state index contributed by atoms with van der Waals surface area (Å²) < 4.78 is 5.13. The van der Waals surface area contributed by atoms with E-state index in [1.54, 1.807) is 31.2 Å². The van der Waals surface area contributed by atoms with Gasteiger partial charge in [0.2, 0.25) is 0 Å². The summed E-state index contributed by atoms with van der Waals surface area (Å²) in [5.41, 5.74) is 1.12. The van der Waals surface area contributed by atoms with Crippen molar-refractivity contribution in [3.8, 4) is 0 Å². The SMILES string of the molecule is CCNCCNC(=O)c1ccc(Cl)cc1NC(=O)c1ccoc1C. The Bertz CT molecular complexity index is 728. The van der Waals surface area contributed by atoms with Gasteiger partial charge in [-0.3, -0.25) is 9.59 Å². The second-order valence-corrected chi connectivity index (χ2v) is 5.58. The van der Waals surface area contributed by atoms with Gasteiger partial charge in [0, 0.05) is 18.1 Å². The van der Waals surface area contributed by atoms with Crippen molar-refractivity contribution in [2.45, 2.75) is 13.8 Å². The van der Waals surface area contributed by atoms with Crippen molar-refractivity contribution in [2.24, 2.45) is 0 Å². The van der Waals surface area contributed by atoms with Crippen molar-refractivity contribution in [1.82, 2.24) is 10.6 Å². The van der Waals surface area contributed by atoms with Gasteiger partial charge in [0.15, 0.2) is 0 Å². The number of hydrogen-bond acceptors (Lipinski definition) is 4. The fraction of sp³-hybridized carbons (Fsp3) is 0.294. The summed E-state index contributed by atoms with van der Waals surface area (Å²) in [7, 11) is 0. The van der Waals surface area contributed by atoms with E-state index in [9.17, 15) is 9.59 Å². The number of nitrogens with one attached hydrogen (secondary N) is 3. The van der Waals surface area contributed by atoms with E-state index in [2.05, 4.69) is 16.0 Å². The molecule has 3 N–H and O–H groups in total. The van der Waals surface area contributed by atoms with E-state index < -0.39 is 0 Å². The lowest BCUT2D eigenvalue weighted by atomic mass is 10.1. The van der Waals surface area contributed by atoms with E-state index in [0.29, 0.717) is 40.7 Å². The topological polar surface area (TPSA) is 83.4 Å². The molecule has 1 heterocycles. The summed E-state index contributed by atoms with van der Waals surface area (Å²) in [5.74, 6) is -0.125. The highest BCUT2D eigenvalue weighted by atomic mass is 35.5. The van der Waals surface area contributed by atoms with Crippen LogP contribution in [0.3, 0.4) is 0 Å². The van der Waals surface area contributed by atoms with Gasteiger partial charge < -0.3 is 20.4 Å². The molecule has 0 aliphatic heterocycles. The number of halogens is 1. The molecule has 0 fully saturated rings. The minimum absolute atomic E-state index is 0.274. The minimum atomic E-state index is -0.356. The Morgan fingerprint density at radius 2 is 1.92 bits per heavy atom. The van der Waals surface area contributed by atoms with Crippen LogP contribution < -0.4 is 16.0 Å². The predicted molar refractivity (Wildman–Crippen MR) is 93.7 cm³/mol. The van der Waals surface area contributed by atoms with Crippen LogP contribution in [-0.4, -0.2) is 31.4 Å². The number of benzene rings is 1. The quantitative estimate of drug-likeness (QED) is 0.671. The molecule has 1 aromatic heterocycles. The van der Waals surface area contributed by atoms with Gasteiger partial charge in [-0.15, -0.1) is 0 Å². The third-order valence-corrected chi connectivity index (χ3v) is 3.65. The first-order valence-electron chi connectivity index (χ1n) is 7.66. The third-order valence-electron chi connectivity index (χ3n) is 3.42. The Labute approximate surface area is 145 Å². The van der Waals surface area contributed by atoms with Gasteiger partial charge in [-0.2, -0.15) is 0 Å². The van der Waals surface area contributed by atoms with Gasteiger partial charge in [-0.25, -0.2) is 0 Å². The zero-order chi connectivity index (χ0) is 17.5. The molecule has 6 nitrogen and oxygen atoms in total. The smallest absolute Gasteiger partial charge is 0.259 e. The molecular weight excluding hydrogens is 330 g/mol. The molecule has 0 unspecified atom stereocenters. The van der Waals surface area contributed by atoms with Crippen LogP contribution in [0.5, 0.6) is 0 Å². The van der Waals surface area contributed by atoms with Crippen molar-refractivity contribution in [3.63, 3.8) is 0 Å². The Morgan fingerprint density at radius 3 is 2.58 bits per heavy atom. The largest absolute Gasteiger partial charge is 0.469 e. The second-order valence-electron chi connectivity index (χ2n) is 5.14. The van der Waals surface area contributed by atoms with Crippen molar-refractivity contribution in [2.75, 3.05) is 25.0 Å². The fourth-order valence-corrected chi connectivity index (χ4v) is 2.34. The number of anilines is 1. The van der Waals surface area contributed by atoms with Gasteiger partial charge in [0.1, 0.15) is 5.76 Å². The first-order valence-corrected chi connectivity index (χ1v) is 8.04. The normalized spacial score (nSPS) is 10.5. The lowest BCUT2D eigenvalue weighted by Crippen LogP contribution is -2.32. The summed E-state index contributed by atoms with van der Waals surface area (Å²) in [6.45, 7) is 5.69. The summed E-state index contributed by atoms with van der Waals surface area (Å²) in [6.07, 6.45) is 1.44. The summed E-state index contributed by atoms with van der Waals surface area (Å²) in [5, 5.41) is 9.06. The Kier molecular flexibility index (Phi) is 6.40. The molecule has 24 heavy (non-hydrogen) atoms. The maximum Gasteiger partial charge on any atom is 0.259 e. The lowest BCUT2D eigenvalue weighted by molar-refractivity contribution is 0.0955. The second kappa shape index (κ2) is 8.52. The van der Waals surface area contributed by atoms with Crippen molar-refractivity contribution >= 4 is 29.1 Å². The van der Waals surface area contributed by atoms with Gasteiger partial charge in [-0.1, -0.05) is 18.5 Å². The number of furan rings is 1. The monoisotopic (exact) mass is 349 g/mol. The standard InChI is InChI=1S/C17H20ClN3O3/c1-3-19-7-8-20-16(22)14-5-4-12(18)10-15(14)21-17(23)13-6-9-24-11(13)2/h4-6,9-10,19H,3,7-8H2,1-2H3,(H,20,22)(H,21,23). The number of rotatable bonds is 7. The van der Waals surface area contributed by atoms with E-state index in [1.807, 2.05) is 6.92 Å². The summed E-state index contributed by atoms with van der Waals surface area (Å²) >= 11 is 6.00. The molecule has 0 aliphatic carbocycles. The van der Waals surface area contributed by atoms with Gasteiger partial charge in [0.25, 0.3) is 11.8 Å². The zero-order valence-corrected chi connectivity index (χ0v) is 14.4. The molecule has 0 spiro atoms. The molecule has 0 aliphatic rings. The van der Waals surface area contributed by atoms with Crippen molar-refractivity contribution < 1.29 is 14.0 Å². The third kappa shape index (κ3) is 4.59. The number of likely N-dealkylation sites (N-methyl/N-ethyl adjacent to an activating group) is 1. The van der Waals surface area contributed by atoms with E-state index in [0.717, 1.165) is 6.54 Å². The molecular formula is C17H20ClN3O3. The average molecular weight is 350 g/mol. The Morgan fingerprint density at radius 1 is 1.12 bits per heavy atom. The highest BCUT2D eigenvalue weighted by Crippen LogP contribution is 2.22. The average Bonchev–Trinajstić information content (AvgIpc) is 2.97. The summed E-state index contributed by atoms with van der Waals surface area (Å²) in [4.78, 5) is 24.6. The minimum Gasteiger partial charge on any atom is -0.469 e. The van der Waals surface area contributed by atoms with E-state index in [4.69, 9.17) is 16.0 Å². The molecule has 128 valence electrons. The first-order chi connectivity index (χ1) is 11.5. The van der Waals surface area contributed by atoms with Gasteiger partial charge in [-0.05, 0) is 37.7 Å². The molecule has 0 saturated heterocycles. The molecule has 0 atom stereocenters. The van der Waals surface area contributed by atoms with Crippen molar-refractivity contribution in [3.05, 3.63) is 52.4 Å². The predicted octanol–water partition coefficient (Wildman–Crippen LogP) is 2.83. The van der Waals surface area contributed by atoms with E-state index >= 15 is 0 Å². The molecule has 0 saturated carbocycles. The first kappa shape index (κ1) is 18.0. The highest BCUT2D eigenvalue weighted by Gasteiger charge is 2.17. The van der Waals surface area contributed by atoms with Crippen LogP contribution in [0.15, 0.2) is 34.9 Å². The van der Waals surface area contributed by atoms with Crippen LogP contribution in [0, 0.1) is 6.92 Å². The van der Waals surface area contributed by atoms with E-state index in [1.165, 1.54) is 6.26 Å². The van der Waals surface area contributed by atoms with E-state index in [-0.39, 0.29) is 11.8 Å². The zero-order valence-electron chi connectivity index (χ0n) is 13.6. The highest BCUT2D eigenvalue weighted by molar-refractivity contribution is 6.31. The fourth-order valence-electron chi connectivity index (χ4n) is 2.16.